The number of furan rings is 1. The van der Waals surface area contributed by atoms with Crippen molar-refractivity contribution in [2.75, 3.05) is 0 Å². The van der Waals surface area contributed by atoms with Crippen LogP contribution in [0.1, 0.15) is 25.5 Å². The Hall–Kier alpha value is -1.44. The largest absolute Gasteiger partial charge is 0.504 e. The van der Waals surface area contributed by atoms with Crippen LogP contribution in [0.4, 0.5) is 0 Å². The molecule has 68 valence electrons. The zero-order valence-corrected chi connectivity index (χ0v) is 7.74. The van der Waals surface area contributed by atoms with E-state index in [-0.39, 0.29) is 11.7 Å². The van der Waals surface area contributed by atoms with Crippen molar-refractivity contribution >= 4 is 11.0 Å². The maximum atomic E-state index is 9.77. The Balaban J connectivity index is 2.74. The van der Waals surface area contributed by atoms with E-state index in [4.69, 9.17) is 4.42 Å². The van der Waals surface area contributed by atoms with Gasteiger partial charge in [0.25, 0.3) is 0 Å². The Morgan fingerprint density at radius 1 is 1.23 bits per heavy atom. The summed E-state index contributed by atoms with van der Waals surface area (Å²) in [6.45, 7) is 3.99. The van der Waals surface area contributed by atoms with E-state index in [1.54, 1.807) is 0 Å². The number of hydrogen-bond acceptors (Lipinski definition) is 2. The maximum Gasteiger partial charge on any atom is 0.165 e. The molecule has 0 bridgehead atoms. The fraction of sp³-hybridized carbons (Fsp3) is 0.273. The van der Waals surface area contributed by atoms with Crippen LogP contribution >= 0.6 is 0 Å². The number of hydrogen-bond donors (Lipinski definition) is 1. The third kappa shape index (κ3) is 1.18. The second-order valence-corrected chi connectivity index (χ2v) is 3.47. The summed E-state index contributed by atoms with van der Waals surface area (Å²) in [5, 5.41) is 10.6. The maximum absolute atomic E-state index is 9.77. The first-order chi connectivity index (χ1) is 6.20. The summed E-state index contributed by atoms with van der Waals surface area (Å²) in [5.74, 6) is 1.17. The number of aromatic hydroxyl groups is 1. The molecule has 2 nitrogen and oxygen atoms in total. The summed E-state index contributed by atoms with van der Waals surface area (Å²) in [7, 11) is 0. The summed E-state index contributed by atoms with van der Waals surface area (Å²) in [5.41, 5.74) is 0.753. The summed E-state index contributed by atoms with van der Waals surface area (Å²) in [6.07, 6.45) is 0. The highest BCUT2D eigenvalue weighted by molar-refractivity contribution is 5.85. The monoisotopic (exact) mass is 176 g/mol. The first-order valence-electron chi connectivity index (χ1n) is 4.40. The smallest absolute Gasteiger partial charge is 0.165 e. The van der Waals surface area contributed by atoms with Gasteiger partial charge in [-0.3, -0.25) is 0 Å². The average molecular weight is 176 g/mol. The highest BCUT2D eigenvalue weighted by atomic mass is 16.4. The van der Waals surface area contributed by atoms with Gasteiger partial charge in [0.15, 0.2) is 5.75 Å². The first kappa shape index (κ1) is 8.17. The lowest BCUT2D eigenvalue weighted by Crippen LogP contribution is -1.81. The molecule has 1 aromatic carbocycles. The zero-order valence-electron chi connectivity index (χ0n) is 7.74. The van der Waals surface area contributed by atoms with Crippen molar-refractivity contribution in [1.29, 1.82) is 0 Å². The van der Waals surface area contributed by atoms with Gasteiger partial charge < -0.3 is 9.52 Å². The molecule has 1 N–H and O–H groups in total. The fourth-order valence-electron chi connectivity index (χ4n) is 1.44. The van der Waals surface area contributed by atoms with Gasteiger partial charge in [0.05, 0.1) is 5.39 Å². The molecule has 1 aromatic heterocycles. The van der Waals surface area contributed by atoms with Crippen LogP contribution in [0.3, 0.4) is 0 Å². The third-order valence-electron chi connectivity index (χ3n) is 2.12. The highest BCUT2D eigenvalue weighted by Crippen LogP contribution is 2.35. The lowest BCUT2D eigenvalue weighted by Gasteiger charge is -1.98. The van der Waals surface area contributed by atoms with Crippen LogP contribution in [-0.2, 0) is 0 Å². The molecular weight excluding hydrogens is 164 g/mol. The predicted octanol–water partition coefficient (Wildman–Crippen LogP) is 3.26. The Labute approximate surface area is 76.8 Å². The molecule has 0 radical (unpaired) electrons. The molecule has 2 heteroatoms. The summed E-state index contributed by atoms with van der Waals surface area (Å²) in [4.78, 5) is 0. The minimum Gasteiger partial charge on any atom is -0.504 e. The van der Waals surface area contributed by atoms with Crippen molar-refractivity contribution < 1.29 is 9.52 Å². The van der Waals surface area contributed by atoms with Crippen molar-refractivity contribution in [2.24, 2.45) is 0 Å². The molecule has 0 saturated carbocycles. The molecule has 0 fully saturated rings. The van der Waals surface area contributed by atoms with E-state index in [2.05, 4.69) is 0 Å². The summed E-state index contributed by atoms with van der Waals surface area (Å²) in [6, 6.07) is 7.51. The number of para-hydroxylation sites is 1. The number of fused-ring (bicyclic) bond motifs is 1. The molecule has 1 heterocycles. The molecule has 2 aromatic rings. The molecule has 0 aliphatic heterocycles. The van der Waals surface area contributed by atoms with Crippen LogP contribution in [0, 0.1) is 0 Å². The van der Waals surface area contributed by atoms with E-state index in [9.17, 15) is 5.11 Å². The Kier molecular flexibility index (Phi) is 1.76. The van der Waals surface area contributed by atoms with Gasteiger partial charge in [0.1, 0.15) is 11.3 Å². The summed E-state index contributed by atoms with van der Waals surface area (Å²) >= 11 is 0. The van der Waals surface area contributed by atoms with Crippen LogP contribution in [0.15, 0.2) is 28.7 Å². The lowest BCUT2D eigenvalue weighted by molar-refractivity contribution is 0.429. The fourth-order valence-corrected chi connectivity index (χ4v) is 1.44. The molecular formula is C11H12O2. The van der Waals surface area contributed by atoms with E-state index in [1.807, 2.05) is 38.1 Å². The van der Waals surface area contributed by atoms with Crippen molar-refractivity contribution in [3.8, 4) is 5.75 Å². The molecule has 2 rings (SSSR count). The van der Waals surface area contributed by atoms with E-state index in [0.717, 1.165) is 11.0 Å². The Morgan fingerprint density at radius 3 is 2.54 bits per heavy atom. The van der Waals surface area contributed by atoms with Crippen LogP contribution in [-0.4, -0.2) is 5.11 Å². The second-order valence-electron chi connectivity index (χ2n) is 3.47. The van der Waals surface area contributed by atoms with E-state index >= 15 is 0 Å². The van der Waals surface area contributed by atoms with Crippen molar-refractivity contribution in [3.63, 3.8) is 0 Å². The SMILES string of the molecule is CC(C)c1oc2ccccc2c1O. The molecule has 0 aliphatic rings. The van der Waals surface area contributed by atoms with Gasteiger partial charge >= 0.3 is 0 Å². The molecule has 0 spiro atoms. The quantitative estimate of drug-likeness (QED) is 0.723. The van der Waals surface area contributed by atoms with Gasteiger partial charge in [-0.25, -0.2) is 0 Å². The second kappa shape index (κ2) is 2.80. The Bertz CT molecular complexity index is 427. The Morgan fingerprint density at radius 2 is 1.92 bits per heavy atom. The number of rotatable bonds is 1. The molecule has 0 aliphatic carbocycles. The van der Waals surface area contributed by atoms with Gasteiger partial charge in [0.2, 0.25) is 0 Å². The first-order valence-corrected chi connectivity index (χ1v) is 4.40. The van der Waals surface area contributed by atoms with Crippen molar-refractivity contribution in [1.82, 2.24) is 0 Å². The number of benzene rings is 1. The van der Waals surface area contributed by atoms with E-state index < -0.39 is 0 Å². The normalized spacial score (nSPS) is 11.3. The zero-order chi connectivity index (χ0) is 9.42. The van der Waals surface area contributed by atoms with Crippen LogP contribution < -0.4 is 0 Å². The minimum absolute atomic E-state index is 0.215. The molecule has 0 saturated heterocycles. The lowest BCUT2D eigenvalue weighted by atomic mass is 10.1. The average Bonchev–Trinajstić information content (AvgIpc) is 2.45. The van der Waals surface area contributed by atoms with Crippen LogP contribution in [0.5, 0.6) is 5.75 Å². The molecule has 0 atom stereocenters. The standard InChI is InChI=1S/C11H12O2/c1-7(2)11-10(12)8-5-3-4-6-9(8)13-11/h3-7,12H,1-2H3. The third-order valence-corrected chi connectivity index (χ3v) is 2.12. The van der Waals surface area contributed by atoms with E-state index in [0.29, 0.717) is 5.76 Å². The van der Waals surface area contributed by atoms with Crippen LogP contribution in [0.25, 0.3) is 11.0 Å². The minimum atomic E-state index is 0.215. The van der Waals surface area contributed by atoms with Crippen LogP contribution in [0.2, 0.25) is 0 Å². The summed E-state index contributed by atoms with van der Waals surface area (Å²) < 4.78 is 5.51. The molecule has 13 heavy (non-hydrogen) atoms. The highest BCUT2D eigenvalue weighted by Gasteiger charge is 2.14. The molecule has 0 unspecified atom stereocenters. The van der Waals surface area contributed by atoms with Gasteiger partial charge in [-0.2, -0.15) is 0 Å². The topological polar surface area (TPSA) is 33.4 Å². The van der Waals surface area contributed by atoms with Gasteiger partial charge in [0, 0.05) is 5.92 Å². The van der Waals surface area contributed by atoms with E-state index in [1.165, 1.54) is 0 Å². The van der Waals surface area contributed by atoms with Crippen molar-refractivity contribution in [2.45, 2.75) is 19.8 Å². The predicted molar refractivity (Wildman–Crippen MR) is 52.0 cm³/mol. The van der Waals surface area contributed by atoms with Gasteiger partial charge in [-0.05, 0) is 12.1 Å². The van der Waals surface area contributed by atoms with Gasteiger partial charge in [-0.15, -0.1) is 0 Å². The molecule has 0 amide bonds. The van der Waals surface area contributed by atoms with Crippen molar-refractivity contribution in [3.05, 3.63) is 30.0 Å². The van der Waals surface area contributed by atoms with Gasteiger partial charge in [-0.1, -0.05) is 26.0 Å².